The van der Waals surface area contributed by atoms with Crippen molar-refractivity contribution in [2.45, 2.75) is 58.4 Å². The van der Waals surface area contributed by atoms with Crippen LogP contribution < -0.4 is 10.5 Å². The maximum absolute atomic E-state index is 12.9. The maximum Gasteiger partial charge on any atom is 0.344 e. The third-order valence-electron chi connectivity index (χ3n) is 5.25. The van der Waals surface area contributed by atoms with E-state index in [1.807, 2.05) is 30.3 Å². The molecule has 0 aromatic heterocycles. The molecule has 2 N–H and O–H groups in total. The number of ether oxygens (including phenoxy) is 3. The third kappa shape index (κ3) is 7.30. The summed E-state index contributed by atoms with van der Waals surface area (Å²) in [6.07, 6.45) is 0.00500. The summed E-state index contributed by atoms with van der Waals surface area (Å²) in [6.45, 7) is 5.24. The average Bonchev–Trinajstić information content (AvgIpc) is 3.11. The number of nitrogens with zero attached hydrogens (tertiary/aromatic N) is 1. The Kier molecular flexibility index (Phi) is 8.11. The van der Waals surface area contributed by atoms with Crippen molar-refractivity contribution < 1.29 is 33.4 Å². The van der Waals surface area contributed by atoms with Crippen LogP contribution in [-0.2, 0) is 37.0 Å². The monoisotopic (exact) mass is 482 g/mol. The molecule has 0 saturated heterocycles. The zero-order valence-corrected chi connectivity index (χ0v) is 20.1. The van der Waals surface area contributed by atoms with Crippen LogP contribution in [0.2, 0.25) is 0 Å². The Bertz CT molecular complexity index is 1090. The van der Waals surface area contributed by atoms with E-state index in [2.05, 4.69) is 0 Å². The van der Waals surface area contributed by atoms with E-state index in [-0.39, 0.29) is 38.5 Å². The lowest BCUT2D eigenvalue weighted by Gasteiger charge is -2.25. The average molecular weight is 483 g/mol. The summed E-state index contributed by atoms with van der Waals surface area (Å²) in [6, 6.07) is 13.1. The van der Waals surface area contributed by atoms with Gasteiger partial charge in [0, 0.05) is 18.5 Å². The molecule has 2 aromatic carbocycles. The first-order valence-corrected chi connectivity index (χ1v) is 11.3. The Hall–Kier alpha value is -3.88. The molecule has 0 aliphatic carbocycles. The van der Waals surface area contributed by atoms with E-state index in [4.69, 9.17) is 19.9 Å². The first-order chi connectivity index (χ1) is 16.5. The number of nitrogens with two attached hydrogens (primary N) is 1. The molecule has 3 rings (SSSR count). The standard InChI is InChI=1S/C26H30N2O7/c1-26(2,3)35-22(29)12-11-21(24(27)31)28-14-18-13-19(9-10-20(18)25(28)32)33-16-23(30)34-15-17-7-5-4-6-8-17/h4-10,13,21H,11-12,14-16H2,1-3H3,(H2,27,31)/t21-/m0/s1. The van der Waals surface area contributed by atoms with Gasteiger partial charge in [-0.25, -0.2) is 4.79 Å². The van der Waals surface area contributed by atoms with Gasteiger partial charge in [0.25, 0.3) is 5.91 Å². The third-order valence-corrected chi connectivity index (χ3v) is 5.25. The van der Waals surface area contributed by atoms with Gasteiger partial charge in [0.1, 0.15) is 24.0 Å². The Morgan fingerprint density at radius 3 is 2.43 bits per heavy atom. The molecular formula is C26H30N2O7. The second-order valence-corrected chi connectivity index (χ2v) is 9.23. The summed E-state index contributed by atoms with van der Waals surface area (Å²) < 4.78 is 16.0. The lowest BCUT2D eigenvalue weighted by Crippen LogP contribution is -2.45. The normalized spacial score (nSPS) is 13.7. The maximum atomic E-state index is 12.9. The number of esters is 2. The van der Waals surface area contributed by atoms with E-state index in [0.29, 0.717) is 16.9 Å². The van der Waals surface area contributed by atoms with Crippen molar-refractivity contribution in [2.24, 2.45) is 5.73 Å². The molecule has 1 atom stereocenters. The highest BCUT2D eigenvalue weighted by atomic mass is 16.6. The molecule has 1 aliphatic heterocycles. The number of fused-ring (bicyclic) bond motifs is 1. The molecule has 0 spiro atoms. The van der Waals surface area contributed by atoms with Crippen LogP contribution in [0.25, 0.3) is 0 Å². The minimum absolute atomic E-state index is 0.0511. The van der Waals surface area contributed by atoms with E-state index < -0.39 is 29.5 Å². The van der Waals surface area contributed by atoms with Gasteiger partial charge >= 0.3 is 11.9 Å². The summed E-state index contributed by atoms with van der Waals surface area (Å²) in [5, 5.41) is 0. The van der Waals surface area contributed by atoms with Gasteiger partial charge < -0.3 is 24.8 Å². The van der Waals surface area contributed by atoms with Gasteiger partial charge in [-0.15, -0.1) is 0 Å². The van der Waals surface area contributed by atoms with Crippen molar-refractivity contribution in [1.29, 1.82) is 0 Å². The Morgan fingerprint density at radius 1 is 1.06 bits per heavy atom. The number of hydrogen-bond donors (Lipinski definition) is 1. The number of hydrogen-bond acceptors (Lipinski definition) is 7. The van der Waals surface area contributed by atoms with Crippen LogP contribution >= 0.6 is 0 Å². The second-order valence-electron chi connectivity index (χ2n) is 9.23. The Balaban J connectivity index is 1.57. The minimum atomic E-state index is -0.959. The van der Waals surface area contributed by atoms with Crippen LogP contribution in [-0.4, -0.2) is 46.9 Å². The van der Waals surface area contributed by atoms with Gasteiger partial charge in [-0.2, -0.15) is 0 Å². The molecule has 0 saturated carbocycles. The summed E-state index contributed by atoms with van der Waals surface area (Å²) in [5.74, 6) is -1.67. The van der Waals surface area contributed by atoms with Gasteiger partial charge in [0.05, 0.1) is 0 Å². The fourth-order valence-electron chi connectivity index (χ4n) is 3.68. The van der Waals surface area contributed by atoms with Crippen molar-refractivity contribution in [3.8, 4) is 5.75 Å². The Morgan fingerprint density at radius 2 is 1.77 bits per heavy atom. The predicted octanol–water partition coefficient (Wildman–Crippen LogP) is 2.74. The summed E-state index contributed by atoms with van der Waals surface area (Å²) >= 11 is 0. The zero-order valence-electron chi connectivity index (χ0n) is 20.1. The highest BCUT2D eigenvalue weighted by molar-refractivity contribution is 6.01. The van der Waals surface area contributed by atoms with E-state index in [9.17, 15) is 19.2 Å². The number of carbonyl (C=O) groups is 4. The van der Waals surface area contributed by atoms with Gasteiger partial charge in [-0.3, -0.25) is 14.4 Å². The molecule has 0 unspecified atom stereocenters. The smallest absolute Gasteiger partial charge is 0.344 e. The topological polar surface area (TPSA) is 125 Å². The SMILES string of the molecule is CC(C)(C)OC(=O)CC[C@@H](C(N)=O)N1Cc2cc(OCC(=O)OCc3ccccc3)ccc2C1=O. The zero-order chi connectivity index (χ0) is 25.6. The first kappa shape index (κ1) is 25.7. The lowest BCUT2D eigenvalue weighted by molar-refractivity contribution is -0.155. The molecule has 2 aromatic rings. The number of amides is 2. The van der Waals surface area contributed by atoms with Gasteiger partial charge in [0.2, 0.25) is 5.91 Å². The van der Waals surface area contributed by atoms with E-state index >= 15 is 0 Å². The van der Waals surface area contributed by atoms with E-state index in [1.165, 1.54) is 4.90 Å². The second kappa shape index (κ2) is 11.0. The predicted molar refractivity (Wildman–Crippen MR) is 126 cm³/mol. The molecule has 0 fully saturated rings. The van der Waals surface area contributed by atoms with Gasteiger partial charge in [-0.1, -0.05) is 30.3 Å². The molecule has 0 radical (unpaired) electrons. The molecule has 9 heteroatoms. The van der Waals surface area contributed by atoms with Crippen LogP contribution in [0.3, 0.4) is 0 Å². The largest absolute Gasteiger partial charge is 0.482 e. The van der Waals surface area contributed by atoms with Crippen LogP contribution in [0.5, 0.6) is 5.75 Å². The highest BCUT2D eigenvalue weighted by Gasteiger charge is 2.36. The molecule has 35 heavy (non-hydrogen) atoms. The fraction of sp³-hybridized carbons (Fsp3) is 0.385. The number of primary amides is 1. The van der Waals surface area contributed by atoms with Crippen LogP contribution in [0.1, 0.15) is 55.1 Å². The molecule has 9 nitrogen and oxygen atoms in total. The van der Waals surface area contributed by atoms with Crippen LogP contribution in [0.4, 0.5) is 0 Å². The van der Waals surface area contributed by atoms with Crippen LogP contribution in [0, 0.1) is 0 Å². The lowest BCUT2D eigenvalue weighted by atomic mass is 10.1. The van der Waals surface area contributed by atoms with Gasteiger partial charge in [0.15, 0.2) is 6.61 Å². The first-order valence-electron chi connectivity index (χ1n) is 11.3. The van der Waals surface area contributed by atoms with Crippen LogP contribution in [0.15, 0.2) is 48.5 Å². The summed E-state index contributed by atoms with van der Waals surface area (Å²) in [7, 11) is 0. The number of benzene rings is 2. The Labute approximate surface area is 204 Å². The number of carbonyl (C=O) groups excluding carboxylic acids is 4. The molecule has 186 valence electrons. The summed E-state index contributed by atoms with van der Waals surface area (Å²) in [5.41, 5.74) is 6.81. The molecular weight excluding hydrogens is 452 g/mol. The molecule has 1 aliphatic rings. The molecule has 0 bridgehead atoms. The highest BCUT2D eigenvalue weighted by Crippen LogP contribution is 2.29. The van der Waals surface area contributed by atoms with E-state index in [0.717, 1.165) is 5.56 Å². The quantitative estimate of drug-likeness (QED) is 0.516. The summed E-state index contributed by atoms with van der Waals surface area (Å²) in [4.78, 5) is 50.4. The van der Waals surface area contributed by atoms with Crippen molar-refractivity contribution in [1.82, 2.24) is 4.90 Å². The minimum Gasteiger partial charge on any atom is -0.482 e. The fourth-order valence-corrected chi connectivity index (χ4v) is 3.68. The van der Waals surface area contributed by atoms with Crippen molar-refractivity contribution in [2.75, 3.05) is 6.61 Å². The van der Waals surface area contributed by atoms with Crippen molar-refractivity contribution >= 4 is 23.8 Å². The molecule has 1 heterocycles. The van der Waals surface area contributed by atoms with Crippen molar-refractivity contribution in [3.05, 3.63) is 65.2 Å². The van der Waals surface area contributed by atoms with Crippen molar-refractivity contribution in [3.63, 3.8) is 0 Å². The number of rotatable bonds is 10. The van der Waals surface area contributed by atoms with Gasteiger partial charge in [-0.05, 0) is 56.5 Å². The molecule has 2 amide bonds. The van der Waals surface area contributed by atoms with E-state index in [1.54, 1.807) is 39.0 Å².